The van der Waals surface area contributed by atoms with Crippen LogP contribution in [-0.4, -0.2) is 26.6 Å². The van der Waals surface area contributed by atoms with E-state index in [4.69, 9.17) is 0 Å². The summed E-state index contributed by atoms with van der Waals surface area (Å²) in [6, 6.07) is 18.4. The van der Waals surface area contributed by atoms with Gasteiger partial charge < -0.3 is 5.32 Å². The maximum absolute atomic E-state index is 12.6. The van der Waals surface area contributed by atoms with Gasteiger partial charge in [0.2, 0.25) is 10.0 Å². The number of sulfonamides is 1. The second kappa shape index (κ2) is 6.14. The van der Waals surface area contributed by atoms with Crippen LogP contribution >= 0.6 is 0 Å². The fraction of sp³-hybridized carbons (Fsp3) is 0.150. The number of amides is 1. The molecule has 0 unspecified atom stereocenters. The number of nitrogens with zero attached hydrogens (tertiary/aromatic N) is 1. The average molecular weight is 366 g/mol. The molecule has 0 bridgehead atoms. The smallest absolute Gasteiger partial charge is 0.255 e. The van der Waals surface area contributed by atoms with Gasteiger partial charge in [-0.05, 0) is 48.2 Å². The highest BCUT2D eigenvalue weighted by Crippen LogP contribution is 2.27. The lowest BCUT2D eigenvalue weighted by Gasteiger charge is -2.32. The summed E-state index contributed by atoms with van der Waals surface area (Å²) in [5.74, 6) is -0.0487. The molecule has 1 amide bonds. The molecule has 5 nitrogen and oxygen atoms in total. The Bertz CT molecular complexity index is 1110. The van der Waals surface area contributed by atoms with Gasteiger partial charge >= 0.3 is 0 Å². The van der Waals surface area contributed by atoms with Crippen molar-refractivity contribution in [1.29, 1.82) is 0 Å². The summed E-state index contributed by atoms with van der Waals surface area (Å²) in [5.41, 5.74) is 2.98. The maximum Gasteiger partial charge on any atom is 0.255 e. The third-order valence-corrected chi connectivity index (χ3v) is 6.46. The molecule has 4 rings (SSSR count). The Morgan fingerprint density at radius 1 is 0.962 bits per heavy atom. The lowest BCUT2D eigenvalue weighted by Crippen LogP contribution is -2.47. The number of carbonyl (C=O) groups excluding carboxylic acids is 1. The Kier molecular flexibility index (Phi) is 3.92. The molecular weight excluding hydrogens is 348 g/mol. The number of hydrogen-bond donors (Lipinski definition) is 1. The average Bonchev–Trinajstić information content (AvgIpc) is 2.62. The van der Waals surface area contributed by atoms with E-state index in [1.807, 2.05) is 43.3 Å². The van der Waals surface area contributed by atoms with Crippen molar-refractivity contribution >= 4 is 38.1 Å². The summed E-state index contributed by atoms with van der Waals surface area (Å²) in [6.07, 6.45) is 0. The van der Waals surface area contributed by atoms with E-state index in [2.05, 4.69) is 5.32 Å². The first kappa shape index (κ1) is 16.6. The van der Waals surface area contributed by atoms with Gasteiger partial charge in [0.1, 0.15) is 0 Å². The molecule has 1 heterocycles. The Morgan fingerprint density at radius 2 is 1.65 bits per heavy atom. The molecular formula is C20H18N2O3S. The quantitative estimate of drug-likeness (QED) is 0.771. The Hall–Kier alpha value is -2.86. The van der Waals surface area contributed by atoms with Gasteiger partial charge in [-0.3, -0.25) is 9.10 Å². The van der Waals surface area contributed by atoms with Crippen molar-refractivity contribution in [3.05, 3.63) is 71.8 Å². The second-order valence-corrected chi connectivity index (χ2v) is 8.38. The number of anilines is 2. The van der Waals surface area contributed by atoms with Crippen LogP contribution in [0.25, 0.3) is 10.8 Å². The number of benzene rings is 3. The molecule has 0 aromatic heterocycles. The molecule has 6 heteroatoms. The van der Waals surface area contributed by atoms with Crippen LogP contribution in [0.2, 0.25) is 0 Å². The van der Waals surface area contributed by atoms with Gasteiger partial charge in [0.05, 0.1) is 11.4 Å². The Morgan fingerprint density at radius 3 is 2.31 bits per heavy atom. The molecule has 0 aliphatic carbocycles. The van der Waals surface area contributed by atoms with Crippen molar-refractivity contribution in [3.8, 4) is 0 Å². The first-order valence-corrected chi connectivity index (χ1v) is 9.97. The Balaban J connectivity index is 1.58. The summed E-state index contributed by atoms with van der Waals surface area (Å²) < 4.78 is 24.7. The third-order valence-electron chi connectivity index (χ3n) is 4.69. The van der Waals surface area contributed by atoms with Crippen LogP contribution in [0.4, 0.5) is 11.4 Å². The molecule has 1 N–H and O–H groups in total. The standard InChI is InChI=1S/C20H18N2O3S/c1-14-4-2-6-18-17(14)5-3-7-19(18)21-20(23)15-8-10-16(11-9-15)22-12-13-26(22,24)25/h2-11H,12-13H2,1H3,(H,21,23). The molecule has 0 spiro atoms. The van der Waals surface area contributed by atoms with Crippen molar-refractivity contribution in [2.45, 2.75) is 6.92 Å². The summed E-state index contributed by atoms with van der Waals surface area (Å²) in [4.78, 5) is 12.6. The highest BCUT2D eigenvalue weighted by atomic mass is 32.2. The van der Waals surface area contributed by atoms with E-state index in [-0.39, 0.29) is 11.7 Å². The first-order valence-electron chi connectivity index (χ1n) is 8.36. The summed E-state index contributed by atoms with van der Waals surface area (Å²) in [6.45, 7) is 2.53. The number of aryl methyl sites for hydroxylation is 1. The van der Waals surface area contributed by atoms with Crippen molar-refractivity contribution < 1.29 is 13.2 Å². The molecule has 0 saturated carbocycles. The van der Waals surface area contributed by atoms with E-state index < -0.39 is 10.0 Å². The summed E-state index contributed by atoms with van der Waals surface area (Å²) in [7, 11) is -3.15. The number of carbonyl (C=O) groups is 1. The zero-order chi connectivity index (χ0) is 18.3. The van der Waals surface area contributed by atoms with Gasteiger partial charge in [0.25, 0.3) is 5.91 Å². The fourth-order valence-corrected chi connectivity index (χ4v) is 4.28. The highest BCUT2D eigenvalue weighted by Gasteiger charge is 2.32. The van der Waals surface area contributed by atoms with Gasteiger partial charge in [-0.2, -0.15) is 0 Å². The van der Waals surface area contributed by atoms with E-state index in [0.29, 0.717) is 17.8 Å². The highest BCUT2D eigenvalue weighted by molar-refractivity contribution is 7.94. The summed E-state index contributed by atoms with van der Waals surface area (Å²) >= 11 is 0. The van der Waals surface area contributed by atoms with Gasteiger partial charge in [0.15, 0.2) is 0 Å². The monoisotopic (exact) mass is 366 g/mol. The molecule has 1 fully saturated rings. The number of fused-ring (bicyclic) bond motifs is 1. The van der Waals surface area contributed by atoms with Gasteiger partial charge in [0, 0.05) is 23.2 Å². The number of rotatable bonds is 3. The van der Waals surface area contributed by atoms with E-state index in [9.17, 15) is 13.2 Å². The Labute approximate surface area is 152 Å². The molecule has 0 atom stereocenters. The SMILES string of the molecule is Cc1cccc2c(NC(=O)c3ccc(N4CCS4(=O)=O)cc3)cccc12. The van der Waals surface area contributed by atoms with Gasteiger partial charge in [-0.25, -0.2) is 8.42 Å². The lowest BCUT2D eigenvalue weighted by molar-refractivity contribution is 0.102. The van der Waals surface area contributed by atoms with Gasteiger partial charge in [-0.1, -0.05) is 30.3 Å². The van der Waals surface area contributed by atoms with E-state index in [1.165, 1.54) is 4.31 Å². The molecule has 1 saturated heterocycles. The minimum absolute atomic E-state index is 0.176. The molecule has 1 aliphatic heterocycles. The largest absolute Gasteiger partial charge is 0.321 e. The summed E-state index contributed by atoms with van der Waals surface area (Å²) in [5, 5.41) is 5.04. The first-order chi connectivity index (χ1) is 12.5. The van der Waals surface area contributed by atoms with Crippen LogP contribution in [0.15, 0.2) is 60.7 Å². The predicted molar refractivity (Wildman–Crippen MR) is 104 cm³/mol. The molecule has 3 aromatic rings. The van der Waals surface area contributed by atoms with Crippen LogP contribution in [0.5, 0.6) is 0 Å². The fourth-order valence-electron chi connectivity index (χ4n) is 3.17. The topological polar surface area (TPSA) is 66.5 Å². The third kappa shape index (κ3) is 2.82. The lowest BCUT2D eigenvalue weighted by atomic mass is 10.0. The zero-order valence-electron chi connectivity index (χ0n) is 14.3. The van der Waals surface area contributed by atoms with Crippen LogP contribution in [-0.2, 0) is 10.0 Å². The molecule has 1 aliphatic rings. The minimum atomic E-state index is -3.15. The number of nitrogens with one attached hydrogen (secondary N) is 1. The predicted octanol–water partition coefficient (Wildman–Crippen LogP) is 3.55. The molecule has 132 valence electrons. The minimum Gasteiger partial charge on any atom is -0.321 e. The normalized spacial score (nSPS) is 15.5. The van der Waals surface area contributed by atoms with Crippen molar-refractivity contribution in [2.24, 2.45) is 0 Å². The second-order valence-electron chi connectivity index (χ2n) is 6.36. The van der Waals surface area contributed by atoms with Gasteiger partial charge in [-0.15, -0.1) is 0 Å². The van der Waals surface area contributed by atoms with Crippen molar-refractivity contribution in [3.63, 3.8) is 0 Å². The molecule has 0 radical (unpaired) electrons. The van der Waals surface area contributed by atoms with Crippen LogP contribution < -0.4 is 9.62 Å². The van der Waals surface area contributed by atoms with Crippen LogP contribution in [0.1, 0.15) is 15.9 Å². The van der Waals surface area contributed by atoms with Crippen molar-refractivity contribution in [1.82, 2.24) is 0 Å². The van der Waals surface area contributed by atoms with E-state index >= 15 is 0 Å². The molecule has 26 heavy (non-hydrogen) atoms. The van der Waals surface area contributed by atoms with Crippen LogP contribution in [0, 0.1) is 6.92 Å². The van der Waals surface area contributed by atoms with E-state index in [1.54, 1.807) is 24.3 Å². The number of hydrogen-bond acceptors (Lipinski definition) is 3. The van der Waals surface area contributed by atoms with E-state index in [0.717, 1.165) is 22.0 Å². The zero-order valence-corrected chi connectivity index (χ0v) is 15.1. The maximum atomic E-state index is 12.6. The van der Waals surface area contributed by atoms with Crippen LogP contribution in [0.3, 0.4) is 0 Å². The van der Waals surface area contributed by atoms with Crippen molar-refractivity contribution in [2.75, 3.05) is 21.9 Å². The molecule has 3 aromatic carbocycles.